The van der Waals surface area contributed by atoms with Gasteiger partial charge in [-0.1, -0.05) is 0 Å². The van der Waals surface area contributed by atoms with Gasteiger partial charge in [-0.2, -0.15) is 0 Å². The van der Waals surface area contributed by atoms with Crippen LogP contribution in [-0.2, 0) is 10.0 Å². The fraction of sp³-hybridized carbons (Fsp3) is 0. The molecule has 94 valence electrons. The third kappa shape index (κ3) is 2.58. The minimum Gasteiger partial charge on any atom is -0.508 e. The van der Waals surface area contributed by atoms with E-state index in [4.69, 9.17) is 10.2 Å². The molecule has 0 saturated heterocycles. The Morgan fingerprint density at radius 1 is 1.22 bits per heavy atom. The Morgan fingerprint density at radius 2 is 1.83 bits per heavy atom. The van der Waals surface area contributed by atoms with Crippen LogP contribution in [0.15, 0.2) is 40.6 Å². The van der Waals surface area contributed by atoms with Crippen LogP contribution in [0.1, 0.15) is 15.2 Å². The number of carbonyl (C=O) groups excluding carboxylic acids is 1. The average molecular weight is 283 g/mol. The summed E-state index contributed by atoms with van der Waals surface area (Å²) in [5.41, 5.74) is 0.371. The highest BCUT2D eigenvalue weighted by Gasteiger charge is 2.16. The van der Waals surface area contributed by atoms with Crippen LogP contribution in [0.5, 0.6) is 5.75 Å². The molecule has 2 rings (SSSR count). The summed E-state index contributed by atoms with van der Waals surface area (Å²) in [6.45, 7) is 0. The molecular weight excluding hydrogens is 274 g/mol. The van der Waals surface area contributed by atoms with Gasteiger partial charge in [0.15, 0.2) is 0 Å². The molecule has 1 aromatic heterocycles. The molecule has 0 radical (unpaired) electrons. The number of thiophene rings is 1. The van der Waals surface area contributed by atoms with E-state index in [1.165, 1.54) is 35.7 Å². The van der Waals surface area contributed by atoms with Crippen molar-refractivity contribution in [3.8, 4) is 5.75 Å². The molecule has 2 aromatic rings. The maximum absolute atomic E-state index is 12.0. The molecule has 0 aliphatic carbocycles. The van der Waals surface area contributed by atoms with Crippen LogP contribution in [0.4, 0.5) is 0 Å². The van der Waals surface area contributed by atoms with Crippen LogP contribution >= 0.6 is 11.3 Å². The van der Waals surface area contributed by atoms with Crippen LogP contribution in [0.3, 0.4) is 0 Å². The van der Waals surface area contributed by atoms with Gasteiger partial charge in [0.2, 0.25) is 15.8 Å². The molecule has 0 aliphatic rings. The average Bonchev–Trinajstić information content (AvgIpc) is 2.78. The fourth-order valence-corrected chi connectivity index (χ4v) is 3.11. The van der Waals surface area contributed by atoms with E-state index in [2.05, 4.69) is 0 Å². The fourth-order valence-electron chi connectivity index (χ4n) is 1.34. The van der Waals surface area contributed by atoms with E-state index < -0.39 is 10.0 Å². The van der Waals surface area contributed by atoms with Gasteiger partial charge in [0.25, 0.3) is 0 Å². The summed E-state index contributed by atoms with van der Waals surface area (Å²) in [5.74, 6) is -0.252. The topological polar surface area (TPSA) is 97.5 Å². The third-order valence-corrected chi connectivity index (χ3v) is 4.23. The molecule has 1 heterocycles. The Hall–Kier alpha value is -1.70. The van der Waals surface area contributed by atoms with E-state index in [-0.39, 0.29) is 21.3 Å². The van der Waals surface area contributed by atoms with Crippen molar-refractivity contribution in [1.82, 2.24) is 0 Å². The second-order valence-electron chi connectivity index (χ2n) is 3.57. The monoisotopic (exact) mass is 283 g/mol. The molecule has 0 bridgehead atoms. The lowest BCUT2D eigenvalue weighted by Crippen LogP contribution is -2.11. The Bertz CT molecular complexity index is 686. The lowest BCUT2D eigenvalue weighted by atomic mass is 10.1. The lowest BCUT2D eigenvalue weighted by molar-refractivity contribution is 0.104. The quantitative estimate of drug-likeness (QED) is 0.830. The molecular formula is C11H9NO4S2. The van der Waals surface area contributed by atoms with Crippen LogP contribution in [0.25, 0.3) is 0 Å². The highest BCUT2D eigenvalue weighted by atomic mass is 32.2. The number of benzene rings is 1. The van der Waals surface area contributed by atoms with E-state index in [1.54, 1.807) is 0 Å². The maximum atomic E-state index is 12.0. The van der Waals surface area contributed by atoms with Gasteiger partial charge in [-0.25, -0.2) is 13.6 Å². The van der Waals surface area contributed by atoms with Crippen molar-refractivity contribution < 1.29 is 18.3 Å². The molecule has 0 atom stereocenters. The summed E-state index contributed by atoms with van der Waals surface area (Å²) >= 11 is 1.01. The molecule has 5 nitrogen and oxygen atoms in total. The molecule has 0 aliphatic heterocycles. The summed E-state index contributed by atoms with van der Waals surface area (Å²) in [5, 5.41) is 15.4. The van der Waals surface area contributed by atoms with Crippen molar-refractivity contribution in [2.45, 2.75) is 4.90 Å². The van der Waals surface area contributed by atoms with Gasteiger partial charge in [0, 0.05) is 10.9 Å². The van der Waals surface area contributed by atoms with E-state index in [9.17, 15) is 13.2 Å². The van der Waals surface area contributed by atoms with Crippen molar-refractivity contribution in [2.75, 3.05) is 0 Å². The van der Waals surface area contributed by atoms with Gasteiger partial charge in [0.05, 0.1) is 9.77 Å². The van der Waals surface area contributed by atoms with E-state index in [1.807, 2.05) is 0 Å². The number of phenolic OH excluding ortho intramolecular Hbond substituents is 1. The minimum absolute atomic E-state index is 0.0583. The van der Waals surface area contributed by atoms with Crippen molar-refractivity contribution in [3.63, 3.8) is 0 Å². The third-order valence-electron chi connectivity index (χ3n) is 2.26. The Kier molecular flexibility index (Phi) is 3.20. The molecule has 0 unspecified atom stereocenters. The molecule has 0 amide bonds. The van der Waals surface area contributed by atoms with Crippen LogP contribution in [0, 0.1) is 0 Å². The predicted octanol–water partition coefficient (Wildman–Crippen LogP) is 1.33. The highest BCUT2D eigenvalue weighted by Crippen LogP contribution is 2.22. The molecule has 18 heavy (non-hydrogen) atoms. The first-order valence-corrected chi connectivity index (χ1v) is 7.25. The summed E-state index contributed by atoms with van der Waals surface area (Å²) < 4.78 is 22.2. The Labute approximate surface area is 108 Å². The van der Waals surface area contributed by atoms with Crippen molar-refractivity contribution in [1.29, 1.82) is 0 Å². The second kappa shape index (κ2) is 4.52. The first-order valence-electron chi connectivity index (χ1n) is 4.83. The number of rotatable bonds is 3. The zero-order valence-electron chi connectivity index (χ0n) is 9.03. The van der Waals surface area contributed by atoms with Crippen LogP contribution in [-0.4, -0.2) is 19.3 Å². The summed E-state index contributed by atoms with van der Waals surface area (Å²) in [6.07, 6.45) is 0. The number of sulfonamides is 1. The molecule has 0 spiro atoms. The normalized spacial score (nSPS) is 11.4. The minimum atomic E-state index is -3.79. The first kappa shape index (κ1) is 12.7. The molecule has 0 saturated carbocycles. The van der Waals surface area contributed by atoms with E-state index in [0.717, 1.165) is 11.3 Å². The van der Waals surface area contributed by atoms with Crippen molar-refractivity contribution in [3.05, 3.63) is 46.2 Å². The van der Waals surface area contributed by atoms with Gasteiger partial charge in [-0.05, 0) is 30.3 Å². The second-order valence-corrected chi connectivity index (χ2v) is 6.04. The lowest BCUT2D eigenvalue weighted by Gasteiger charge is -1.98. The highest BCUT2D eigenvalue weighted by molar-refractivity contribution is 7.89. The molecule has 7 heteroatoms. The smallest absolute Gasteiger partial charge is 0.238 e. The van der Waals surface area contributed by atoms with E-state index >= 15 is 0 Å². The number of ketones is 1. The molecule has 3 N–H and O–H groups in total. The number of primary sulfonamides is 1. The SMILES string of the molecule is NS(=O)(=O)c1csc(C(=O)c2ccc(O)cc2)c1. The zero-order valence-corrected chi connectivity index (χ0v) is 10.7. The Morgan fingerprint density at radius 3 is 2.33 bits per heavy atom. The number of hydrogen-bond donors (Lipinski definition) is 2. The summed E-state index contributed by atoms with van der Waals surface area (Å²) in [4.78, 5) is 12.2. The van der Waals surface area contributed by atoms with E-state index in [0.29, 0.717) is 5.56 Å². The van der Waals surface area contributed by atoms with Gasteiger partial charge in [-0.15, -0.1) is 11.3 Å². The number of phenols is 1. The molecule has 0 fully saturated rings. The summed E-state index contributed by atoms with van der Waals surface area (Å²) in [7, 11) is -3.79. The van der Waals surface area contributed by atoms with Gasteiger partial charge < -0.3 is 5.11 Å². The van der Waals surface area contributed by atoms with Gasteiger partial charge in [-0.3, -0.25) is 4.79 Å². The van der Waals surface area contributed by atoms with Crippen LogP contribution < -0.4 is 5.14 Å². The first-order chi connectivity index (χ1) is 8.38. The van der Waals surface area contributed by atoms with Crippen molar-refractivity contribution >= 4 is 27.1 Å². The Balaban J connectivity index is 2.35. The number of aromatic hydroxyl groups is 1. The standard InChI is InChI=1S/C11H9NO4S2/c12-18(15,16)9-5-10(17-6-9)11(14)7-1-3-8(13)4-2-7/h1-6,13H,(H2,12,15,16). The molecule has 1 aromatic carbocycles. The van der Waals surface area contributed by atoms with Crippen molar-refractivity contribution in [2.24, 2.45) is 5.14 Å². The number of carbonyl (C=O) groups is 1. The van der Waals surface area contributed by atoms with Gasteiger partial charge in [0.1, 0.15) is 5.75 Å². The number of hydrogen-bond acceptors (Lipinski definition) is 5. The predicted molar refractivity (Wildman–Crippen MR) is 67.2 cm³/mol. The maximum Gasteiger partial charge on any atom is 0.238 e. The van der Waals surface area contributed by atoms with Crippen LogP contribution in [0.2, 0.25) is 0 Å². The largest absolute Gasteiger partial charge is 0.508 e. The zero-order chi connectivity index (χ0) is 13.3. The summed E-state index contributed by atoms with van der Waals surface area (Å²) in [6, 6.07) is 6.96. The number of nitrogens with two attached hydrogens (primary N) is 1. The van der Waals surface area contributed by atoms with Gasteiger partial charge >= 0.3 is 0 Å².